The van der Waals surface area contributed by atoms with E-state index in [-0.39, 0.29) is 23.3 Å². The number of hydrogen-bond donors (Lipinski definition) is 2. The van der Waals surface area contributed by atoms with Crippen LogP contribution in [-0.2, 0) is 9.53 Å². The molecule has 1 atom stereocenters. The zero-order valence-corrected chi connectivity index (χ0v) is 17.5. The van der Waals surface area contributed by atoms with Gasteiger partial charge in [-0.05, 0) is 39.0 Å². The minimum Gasteiger partial charge on any atom is -0.382 e. The number of fused-ring (bicyclic) bond motifs is 1. The minimum absolute atomic E-state index is 0.234. The number of aromatic nitrogens is 3. The van der Waals surface area contributed by atoms with Crippen LogP contribution in [0.1, 0.15) is 31.1 Å². The second-order valence-electron chi connectivity index (χ2n) is 7.72. The summed E-state index contributed by atoms with van der Waals surface area (Å²) in [6, 6.07) is 6.46. The fourth-order valence-corrected chi connectivity index (χ4v) is 3.91. The van der Waals surface area contributed by atoms with E-state index in [4.69, 9.17) is 27.8 Å². The summed E-state index contributed by atoms with van der Waals surface area (Å²) in [7, 11) is 0. The molecule has 4 N–H and O–H groups in total. The quantitative estimate of drug-likeness (QED) is 0.658. The first-order chi connectivity index (χ1) is 14.1. The van der Waals surface area contributed by atoms with Gasteiger partial charge in [0.2, 0.25) is 0 Å². The summed E-state index contributed by atoms with van der Waals surface area (Å²) in [4.78, 5) is 30.8. The molecule has 3 heterocycles. The van der Waals surface area contributed by atoms with Gasteiger partial charge < -0.3 is 21.1 Å². The van der Waals surface area contributed by atoms with E-state index < -0.39 is 11.5 Å². The van der Waals surface area contributed by atoms with E-state index >= 15 is 0 Å². The van der Waals surface area contributed by atoms with E-state index in [1.54, 1.807) is 47.5 Å². The number of halogens is 1. The number of rotatable bonds is 3. The first-order valence-electron chi connectivity index (χ1n) is 9.31. The molecular weight excluding hydrogens is 408 g/mol. The normalized spacial score (nSPS) is 18.7. The number of morpholine rings is 1. The van der Waals surface area contributed by atoms with Gasteiger partial charge in [0.25, 0.3) is 11.8 Å². The van der Waals surface area contributed by atoms with Crippen molar-refractivity contribution in [3.05, 3.63) is 41.2 Å². The van der Waals surface area contributed by atoms with Crippen LogP contribution in [0, 0.1) is 0 Å². The number of primary amides is 1. The van der Waals surface area contributed by atoms with Crippen molar-refractivity contribution < 1.29 is 14.3 Å². The van der Waals surface area contributed by atoms with Crippen LogP contribution < -0.4 is 16.4 Å². The van der Waals surface area contributed by atoms with Gasteiger partial charge >= 0.3 is 0 Å². The van der Waals surface area contributed by atoms with Crippen LogP contribution in [0.3, 0.4) is 0 Å². The molecule has 0 saturated carbocycles. The monoisotopic (exact) mass is 428 g/mol. The van der Waals surface area contributed by atoms with Gasteiger partial charge in [-0.25, -0.2) is 9.50 Å². The number of benzene rings is 1. The van der Waals surface area contributed by atoms with Crippen LogP contribution in [0.15, 0.2) is 30.6 Å². The molecule has 1 aliphatic rings. The van der Waals surface area contributed by atoms with Crippen molar-refractivity contribution in [3.8, 4) is 11.3 Å². The van der Waals surface area contributed by atoms with E-state index in [9.17, 15) is 9.59 Å². The molecule has 1 saturated heterocycles. The van der Waals surface area contributed by atoms with Crippen LogP contribution in [0.25, 0.3) is 16.8 Å². The summed E-state index contributed by atoms with van der Waals surface area (Å²) in [5.74, 6) is -0.648. The lowest BCUT2D eigenvalue weighted by molar-refractivity contribution is -0.147. The largest absolute Gasteiger partial charge is 0.382 e. The second-order valence-corrected chi connectivity index (χ2v) is 8.13. The lowest BCUT2D eigenvalue weighted by Crippen LogP contribution is -2.58. The van der Waals surface area contributed by atoms with Crippen LogP contribution in [-0.4, -0.2) is 44.7 Å². The van der Waals surface area contributed by atoms with Crippen molar-refractivity contribution in [1.29, 1.82) is 0 Å². The van der Waals surface area contributed by atoms with Crippen LogP contribution >= 0.6 is 11.6 Å². The summed E-state index contributed by atoms with van der Waals surface area (Å²) in [6.07, 6.45) is 1.33. The third-order valence-electron chi connectivity index (χ3n) is 5.21. The number of nitrogens with zero attached hydrogens (tertiary/aromatic N) is 4. The zero-order valence-electron chi connectivity index (χ0n) is 16.7. The first kappa shape index (κ1) is 20.1. The third kappa shape index (κ3) is 3.06. The predicted molar refractivity (Wildman–Crippen MR) is 113 cm³/mol. The Bertz CT molecular complexity index is 1190. The fourth-order valence-electron chi connectivity index (χ4n) is 3.63. The summed E-state index contributed by atoms with van der Waals surface area (Å²) >= 11 is 6.35. The Balaban J connectivity index is 1.93. The molecule has 10 heteroatoms. The van der Waals surface area contributed by atoms with E-state index in [1.165, 1.54) is 6.33 Å². The maximum absolute atomic E-state index is 13.1. The lowest BCUT2D eigenvalue weighted by atomic mass is 9.99. The van der Waals surface area contributed by atoms with E-state index in [0.29, 0.717) is 34.1 Å². The summed E-state index contributed by atoms with van der Waals surface area (Å²) in [6.45, 7) is 5.57. The predicted octanol–water partition coefficient (Wildman–Crippen LogP) is 2.26. The number of carbonyl (C=O) groups excluding carboxylic acids is 2. The molecule has 1 unspecified atom stereocenters. The molecule has 0 spiro atoms. The highest BCUT2D eigenvalue weighted by molar-refractivity contribution is 6.35. The van der Waals surface area contributed by atoms with Gasteiger partial charge in [-0.2, -0.15) is 5.10 Å². The van der Waals surface area contributed by atoms with Gasteiger partial charge in [0.05, 0.1) is 34.6 Å². The molecule has 4 rings (SSSR count). The second kappa shape index (κ2) is 6.96. The Morgan fingerprint density at radius 3 is 2.77 bits per heavy atom. The molecule has 0 aliphatic carbocycles. The highest BCUT2D eigenvalue weighted by Crippen LogP contribution is 2.36. The molecule has 1 aliphatic heterocycles. The van der Waals surface area contributed by atoms with E-state index in [0.717, 1.165) is 0 Å². The van der Waals surface area contributed by atoms with Gasteiger partial charge in [-0.15, -0.1) is 0 Å². The lowest BCUT2D eigenvalue weighted by Gasteiger charge is -2.42. The van der Waals surface area contributed by atoms with Gasteiger partial charge in [0, 0.05) is 5.56 Å². The van der Waals surface area contributed by atoms with Crippen LogP contribution in [0.2, 0.25) is 5.02 Å². The molecule has 9 nitrogen and oxygen atoms in total. The number of carbonyl (C=O) groups is 2. The van der Waals surface area contributed by atoms with Crippen molar-refractivity contribution in [2.24, 2.45) is 5.73 Å². The Hall–Kier alpha value is -3.17. The van der Waals surface area contributed by atoms with Crippen LogP contribution in [0.5, 0.6) is 0 Å². The van der Waals surface area contributed by atoms with E-state index in [1.807, 2.05) is 6.92 Å². The maximum Gasteiger partial charge on any atom is 0.258 e. The number of amides is 2. The van der Waals surface area contributed by atoms with Gasteiger partial charge in [0.15, 0.2) is 5.82 Å². The number of nitrogen functional groups attached to an aromatic ring is 1. The van der Waals surface area contributed by atoms with Crippen molar-refractivity contribution in [2.45, 2.75) is 32.4 Å². The van der Waals surface area contributed by atoms with Gasteiger partial charge in [0.1, 0.15) is 17.4 Å². The highest BCUT2D eigenvalue weighted by Gasteiger charge is 2.42. The fraction of sp³-hybridized carbons (Fsp3) is 0.300. The van der Waals surface area contributed by atoms with Crippen LogP contribution in [0.4, 0.5) is 11.5 Å². The SMILES string of the molecule is CC1COC(C)(C)C(=O)N1c1cc(-c2cc(Cl)c3c(N)ncnn23)ccc1C(N)=O. The first-order valence-corrected chi connectivity index (χ1v) is 9.69. The minimum atomic E-state index is -1.02. The Morgan fingerprint density at radius 2 is 2.07 bits per heavy atom. The van der Waals surface area contributed by atoms with E-state index in [2.05, 4.69) is 10.1 Å². The molecular formula is C20H21ClN6O3. The zero-order chi connectivity index (χ0) is 21.8. The van der Waals surface area contributed by atoms with Crippen molar-refractivity contribution in [1.82, 2.24) is 14.6 Å². The number of anilines is 2. The number of nitrogens with two attached hydrogens (primary N) is 2. The van der Waals surface area contributed by atoms with Crippen molar-refractivity contribution >= 4 is 40.4 Å². The molecule has 2 aromatic heterocycles. The summed E-state index contributed by atoms with van der Waals surface area (Å²) in [5, 5.41) is 4.63. The topological polar surface area (TPSA) is 129 Å². The molecule has 1 fully saturated rings. The number of hydrogen-bond acceptors (Lipinski definition) is 6. The molecule has 156 valence electrons. The summed E-state index contributed by atoms with van der Waals surface area (Å²) in [5.41, 5.74) is 13.0. The number of ether oxygens (including phenoxy) is 1. The van der Waals surface area contributed by atoms with Crippen molar-refractivity contribution in [2.75, 3.05) is 17.2 Å². The smallest absolute Gasteiger partial charge is 0.258 e. The maximum atomic E-state index is 13.1. The standard InChI is InChI=1S/C20H21ClN6O3/c1-10-8-30-20(2,3)19(29)26(10)15-6-11(4-5-12(15)18(23)28)14-7-13(21)16-17(22)24-9-25-27(14)16/h4-7,9-10H,8H2,1-3H3,(H2,23,28)(H2,22,24,25). The van der Waals surface area contributed by atoms with Crippen molar-refractivity contribution in [3.63, 3.8) is 0 Å². The average molecular weight is 429 g/mol. The Morgan fingerprint density at radius 1 is 1.33 bits per heavy atom. The molecule has 2 amide bonds. The molecule has 30 heavy (non-hydrogen) atoms. The summed E-state index contributed by atoms with van der Waals surface area (Å²) < 4.78 is 7.24. The molecule has 0 radical (unpaired) electrons. The molecule has 0 bridgehead atoms. The average Bonchev–Trinajstić information content (AvgIpc) is 3.03. The van der Waals surface area contributed by atoms with Gasteiger partial charge in [-0.3, -0.25) is 9.59 Å². The third-order valence-corrected chi connectivity index (χ3v) is 5.50. The molecule has 3 aromatic rings. The van der Waals surface area contributed by atoms with Gasteiger partial charge in [-0.1, -0.05) is 17.7 Å². The molecule has 1 aromatic carbocycles. The Kier molecular flexibility index (Phi) is 4.67. The highest BCUT2D eigenvalue weighted by atomic mass is 35.5. The Labute approximate surface area is 177 Å².